The van der Waals surface area contributed by atoms with Crippen LogP contribution in [-0.4, -0.2) is 40.1 Å². The second-order valence-corrected chi connectivity index (χ2v) is 8.71. The molecule has 8 nitrogen and oxygen atoms in total. The average molecular weight is 447 g/mol. The number of para-hydroxylation sites is 1. The lowest BCUT2D eigenvalue weighted by molar-refractivity contribution is -0.124. The first-order valence-corrected chi connectivity index (χ1v) is 11.7. The van der Waals surface area contributed by atoms with Crippen LogP contribution < -0.4 is 20.7 Å². The van der Waals surface area contributed by atoms with Crippen LogP contribution in [-0.2, 0) is 4.79 Å². The van der Waals surface area contributed by atoms with Crippen LogP contribution in [0.15, 0.2) is 54.9 Å². The SMILES string of the molecule is CNc1nc(NC(C(=O)NC2COc3ccccc32)C2CCCCC2)cc(-n2cccc2)n1. The Kier molecular flexibility index (Phi) is 6.15. The standard InChI is InChI=1S/C25H30N6O2/c1-26-25-29-21(15-22(30-25)31-13-7-8-14-31)28-23(17-9-3-2-4-10-17)24(32)27-19-16-33-20-12-6-5-11-18(19)20/h5-8,11-15,17,19,23H,2-4,9-10,16H2,1H3,(H,27,32)(H2,26,28,29,30). The summed E-state index contributed by atoms with van der Waals surface area (Å²) >= 11 is 0. The summed E-state index contributed by atoms with van der Waals surface area (Å²) < 4.78 is 7.70. The minimum Gasteiger partial charge on any atom is -0.491 e. The molecular weight excluding hydrogens is 416 g/mol. The minimum atomic E-state index is -0.379. The molecule has 172 valence electrons. The van der Waals surface area contributed by atoms with Gasteiger partial charge in [-0.05, 0) is 37.0 Å². The Morgan fingerprint density at radius 3 is 2.67 bits per heavy atom. The van der Waals surface area contributed by atoms with E-state index in [-0.39, 0.29) is 23.9 Å². The molecule has 2 atom stereocenters. The number of nitrogens with one attached hydrogen (secondary N) is 3. The first kappa shape index (κ1) is 21.3. The monoisotopic (exact) mass is 446 g/mol. The molecular formula is C25H30N6O2. The third-order valence-electron chi connectivity index (χ3n) is 6.53. The number of nitrogens with zero attached hydrogens (tertiary/aromatic N) is 3. The van der Waals surface area contributed by atoms with E-state index >= 15 is 0 Å². The number of amides is 1. The van der Waals surface area contributed by atoms with Crippen LogP contribution in [0.2, 0.25) is 0 Å². The zero-order valence-electron chi connectivity index (χ0n) is 18.8. The Balaban J connectivity index is 1.40. The van der Waals surface area contributed by atoms with Gasteiger partial charge in [0.1, 0.15) is 30.0 Å². The van der Waals surface area contributed by atoms with E-state index < -0.39 is 0 Å². The van der Waals surface area contributed by atoms with Crippen LogP contribution in [0, 0.1) is 5.92 Å². The topological polar surface area (TPSA) is 93.1 Å². The van der Waals surface area contributed by atoms with Gasteiger partial charge in [0.05, 0.1) is 6.04 Å². The first-order valence-electron chi connectivity index (χ1n) is 11.7. The van der Waals surface area contributed by atoms with E-state index in [1.54, 1.807) is 7.05 Å². The summed E-state index contributed by atoms with van der Waals surface area (Å²) in [5.41, 5.74) is 1.03. The number of carbonyl (C=O) groups excluding carboxylic acids is 1. The van der Waals surface area contributed by atoms with Crippen LogP contribution in [0.1, 0.15) is 43.7 Å². The molecule has 3 N–H and O–H groups in total. The largest absolute Gasteiger partial charge is 0.491 e. The predicted octanol–water partition coefficient (Wildman–Crippen LogP) is 3.92. The van der Waals surface area contributed by atoms with Crippen molar-refractivity contribution in [2.45, 2.75) is 44.2 Å². The Labute approximate surface area is 193 Å². The highest BCUT2D eigenvalue weighted by molar-refractivity contribution is 5.85. The lowest BCUT2D eigenvalue weighted by atomic mass is 9.83. The maximum Gasteiger partial charge on any atom is 0.243 e. The second-order valence-electron chi connectivity index (χ2n) is 8.71. The average Bonchev–Trinajstić information content (AvgIpc) is 3.54. The number of hydrogen-bond donors (Lipinski definition) is 3. The predicted molar refractivity (Wildman–Crippen MR) is 128 cm³/mol. The van der Waals surface area contributed by atoms with Crippen LogP contribution in [0.4, 0.5) is 11.8 Å². The van der Waals surface area contributed by atoms with Crippen molar-refractivity contribution >= 4 is 17.7 Å². The fourth-order valence-electron chi connectivity index (χ4n) is 4.81. The number of anilines is 2. The number of hydrogen-bond acceptors (Lipinski definition) is 6. The Morgan fingerprint density at radius 1 is 1.09 bits per heavy atom. The molecule has 3 heterocycles. The zero-order chi connectivity index (χ0) is 22.6. The van der Waals surface area contributed by atoms with E-state index in [4.69, 9.17) is 4.74 Å². The molecule has 2 aromatic heterocycles. The lowest BCUT2D eigenvalue weighted by Crippen LogP contribution is -2.46. The van der Waals surface area contributed by atoms with Gasteiger partial charge >= 0.3 is 0 Å². The van der Waals surface area contributed by atoms with Gasteiger partial charge in [0, 0.05) is 31.1 Å². The second kappa shape index (κ2) is 9.52. The highest BCUT2D eigenvalue weighted by Crippen LogP contribution is 2.33. The minimum absolute atomic E-state index is 0.0145. The molecule has 2 unspecified atom stereocenters. The number of ether oxygens (including phenoxy) is 1. The summed E-state index contributed by atoms with van der Waals surface area (Å²) in [6.07, 6.45) is 9.44. The van der Waals surface area contributed by atoms with E-state index in [0.29, 0.717) is 18.4 Å². The van der Waals surface area contributed by atoms with Crippen molar-refractivity contribution in [3.8, 4) is 11.6 Å². The summed E-state index contributed by atoms with van der Waals surface area (Å²) in [5.74, 6) is 2.95. The van der Waals surface area contributed by atoms with Crippen LogP contribution in [0.3, 0.4) is 0 Å². The summed E-state index contributed by atoms with van der Waals surface area (Å²) in [7, 11) is 1.79. The van der Waals surface area contributed by atoms with Gasteiger partial charge in [0.15, 0.2) is 0 Å². The van der Waals surface area contributed by atoms with Crippen molar-refractivity contribution in [2.75, 3.05) is 24.3 Å². The number of fused-ring (bicyclic) bond motifs is 1. The highest BCUT2D eigenvalue weighted by Gasteiger charge is 2.33. The summed E-state index contributed by atoms with van der Waals surface area (Å²) in [5, 5.41) is 9.73. The maximum absolute atomic E-state index is 13.6. The molecule has 0 spiro atoms. The fraction of sp³-hybridized carbons (Fsp3) is 0.400. The first-order chi connectivity index (χ1) is 16.2. The van der Waals surface area contributed by atoms with Gasteiger partial charge in [-0.3, -0.25) is 4.79 Å². The van der Waals surface area contributed by atoms with E-state index in [9.17, 15) is 4.79 Å². The molecule has 3 aromatic rings. The maximum atomic E-state index is 13.6. The normalized spacial score (nSPS) is 18.8. The van der Waals surface area contributed by atoms with Gasteiger partial charge in [-0.1, -0.05) is 37.5 Å². The van der Waals surface area contributed by atoms with Gasteiger partial charge in [-0.2, -0.15) is 9.97 Å². The molecule has 1 aliphatic carbocycles. The summed E-state index contributed by atoms with van der Waals surface area (Å²) in [6.45, 7) is 0.456. The smallest absolute Gasteiger partial charge is 0.243 e. The third-order valence-corrected chi connectivity index (χ3v) is 6.53. The number of rotatable bonds is 7. The lowest BCUT2D eigenvalue weighted by Gasteiger charge is -2.31. The number of benzene rings is 1. The van der Waals surface area contributed by atoms with Crippen LogP contribution in [0.25, 0.3) is 5.82 Å². The summed E-state index contributed by atoms with van der Waals surface area (Å²) in [6, 6.07) is 13.2. The summed E-state index contributed by atoms with van der Waals surface area (Å²) in [4.78, 5) is 22.7. The molecule has 0 saturated heterocycles. The van der Waals surface area contributed by atoms with Gasteiger partial charge in [0.2, 0.25) is 11.9 Å². The van der Waals surface area contributed by atoms with Gasteiger partial charge in [-0.25, -0.2) is 0 Å². The molecule has 5 rings (SSSR count). The molecule has 0 radical (unpaired) electrons. The molecule has 1 aliphatic heterocycles. The van der Waals surface area contributed by atoms with E-state index in [0.717, 1.165) is 42.8 Å². The zero-order valence-corrected chi connectivity index (χ0v) is 18.8. The molecule has 1 saturated carbocycles. The molecule has 33 heavy (non-hydrogen) atoms. The molecule has 2 aliphatic rings. The Bertz CT molecular complexity index is 1090. The molecule has 1 aromatic carbocycles. The van der Waals surface area contributed by atoms with Crippen molar-refractivity contribution in [3.05, 3.63) is 60.4 Å². The van der Waals surface area contributed by atoms with Gasteiger partial charge in [-0.15, -0.1) is 0 Å². The highest BCUT2D eigenvalue weighted by atomic mass is 16.5. The van der Waals surface area contributed by atoms with Gasteiger partial charge < -0.3 is 25.3 Å². The van der Waals surface area contributed by atoms with E-state index in [1.807, 2.05) is 59.4 Å². The van der Waals surface area contributed by atoms with Crippen LogP contribution >= 0.6 is 0 Å². The quantitative estimate of drug-likeness (QED) is 0.509. The number of carbonyl (C=O) groups is 1. The van der Waals surface area contributed by atoms with Crippen molar-refractivity contribution in [1.29, 1.82) is 0 Å². The Morgan fingerprint density at radius 2 is 1.88 bits per heavy atom. The molecule has 1 fully saturated rings. The van der Waals surface area contributed by atoms with Crippen molar-refractivity contribution < 1.29 is 9.53 Å². The fourth-order valence-corrected chi connectivity index (χ4v) is 4.81. The third kappa shape index (κ3) is 4.65. The molecule has 0 bridgehead atoms. The van der Waals surface area contributed by atoms with E-state index in [1.165, 1.54) is 6.42 Å². The molecule has 8 heteroatoms. The van der Waals surface area contributed by atoms with Gasteiger partial charge in [0.25, 0.3) is 0 Å². The Hall–Kier alpha value is -3.55. The van der Waals surface area contributed by atoms with Crippen molar-refractivity contribution in [1.82, 2.24) is 19.9 Å². The van der Waals surface area contributed by atoms with Crippen molar-refractivity contribution in [2.24, 2.45) is 5.92 Å². The molecule has 1 amide bonds. The van der Waals surface area contributed by atoms with E-state index in [2.05, 4.69) is 25.9 Å². The van der Waals surface area contributed by atoms with Crippen molar-refractivity contribution in [3.63, 3.8) is 0 Å². The van der Waals surface area contributed by atoms with Crippen LogP contribution in [0.5, 0.6) is 5.75 Å². The number of aromatic nitrogens is 3.